The lowest BCUT2D eigenvalue weighted by molar-refractivity contribution is 0.145. The van der Waals surface area contributed by atoms with Crippen LogP contribution in [0.5, 0.6) is 0 Å². The molecule has 0 aromatic carbocycles. The predicted octanol–water partition coefficient (Wildman–Crippen LogP) is 2.31. The van der Waals surface area contributed by atoms with E-state index in [0.717, 1.165) is 44.3 Å². The first-order chi connectivity index (χ1) is 7.52. The van der Waals surface area contributed by atoms with Crippen molar-refractivity contribution in [2.24, 2.45) is 5.41 Å². The third kappa shape index (κ3) is 8.92. The maximum absolute atomic E-state index is 5.24. The molecule has 0 saturated heterocycles. The Labute approximate surface area is 105 Å². The lowest BCUT2D eigenvalue weighted by Gasteiger charge is -2.24. The van der Waals surface area contributed by atoms with Crippen LogP contribution >= 0.6 is 12.2 Å². The van der Waals surface area contributed by atoms with Crippen molar-refractivity contribution in [1.29, 1.82) is 0 Å². The molecule has 0 atom stereocenters. The van der Waals surface area contributed by atoms with Gasteiger partial charge >= 0.3 is 0 Å². The second kappa shape index (κ2) is 8.76. The highest BCUT2D eigenvalue weighted by Crippen LogP contribution is 2.17. The second-order valence-electron chi connectivity index (χ2n) is 4.68. The summed E-state index contributed by atoms with van der Waals surface area (Å²) in [6, 6.07) is 0. The molecule has 0 unspecified atom stereocenters. The number of hydrogen-bond acceptors (Lipinski definition) is 2. The smallest absolute Gasteiger partial charge is 0.166 e. The Balaban J connectivity index is 3.45. The van der Waals surface area contributed by atoms with E-state index in [4.69, 9.17) is 17.0 Å². The maximum atomic E-state index is 5.24. The van der Waals surface area contributed by atoms with Crippen LogP contribution < -0.4 is 10.6 Å². The van der Waals surface area contributed by atoms with Gasteiger partial charge in [0.2, 0.25) is 0 Å². The molecule has 2 N–H and O–H groups in total. The normalized spacial score (nSPS) is 11.2. The van der Waals surface area contributed by atoms with Crippen LogP contribution in [0.4, 0.5) is 0 Å². The summed E-state index contributed by atoms with van der Waals surface area (Å²) < 4.78 is 5.24. The van der Waals surface area contributed by atoms with Crippen LogP contribution in [0.25, 0.3) is 0 Å². The summed E-state index contributed by atoms with van der Waals surface area (Å²) in [5, 5.41) is 7.17. The first-order valence-corrected chi connectivity index (χ1v) is 6.52. The average Bonchev–Trinajstić information content (AvgIpc) is 2.26. The van der Waals surface area contributed by atoms with Crippen molar-refractivity contribution in [2.45, 2.75) is 40.5 Å². The van der Waals surface area contributed by atoms with Crippen LogP contribution in [0.2, 0.25) is 0 Å². The standard InChI is InChI=1S/C12H26N2OS/c1-5-12(3,4)10-14-11(16)13-8-7-9-15-6-2/h5-10H2,1-4H3,(H2,13,14,16). The fourth-order valence-electron chi connectivity index (χ4n) is 1.03. The molecule has 0 aliphatic carbocycles. The molecule has 3 nitrogen and oxygen atoms in total. The van der Waals surface area contributed by atoms with Crippen LogP contribution in [-0.2, 0) is 4.74 Å². The van der Waals surface area contributed by atoms with E-state index in [0.29, 0.717) is 5.41 Å². The third-order valence-electron chi connectivity index (χ3n) is 2.64. The van der Waals surface area contributed by atoms with Gasteiger partial charge in [-0.1, -0.05) is 20.8 Å². The van der Waals surface area contributed by atoms with Gasteiger partial charge in [0.25, 0.3) is 0 Å². The van der Waals surface area contributed by atoms with Gasteiger partial charge in [-0.25, -0.2) is 0 Å². The quantitative estimate of drug-likeness (QED) is 0.509. The fraction of sp³-hybridized carbons (Fsp3) is 0.917. The van der Waals surface area contributed by atoms with E-state index in [1.807, 2.05) is 6.92 Å². The van der Waals surface area contributed by atoms with Crippen LogP contribution in [0.1, 0.15) is 40.5 Å². The molecule has 0 aliphatic heterocycles. The van der Waals surface area contributed by atoms with Crippen molar-refractivity contribution in [3.63, 3.8) is 0 Å². The van der Waals surface area contributed by atoms with Crippen molar-refractivity contribution >= 4 is 17.3 Å². The molecule has 0 fully saturated rings. The van der Waals surface area contributed by atoms with Gasteiger partial charge in [-0.3, -0.25) is 0 Å². The Kier molecular flexibility index (Phi) is 8.57. The molecule has 0 bridgehead atoms. The molecule has 0 aliphatic rings. The van der Waals surface area contributed by atoms with Gasteiger partial charge in [0, 0.05) is 26.3 Å². The molecule has 96 valence electrons. The summed E-state index contributed by atoms with van der Waals surface area (Å²) >= 11 is 5.18. The Morgan fingerprint density at radius 1 is 1.25 bits per heavy atom. The van der Waals surface area contributed by atoms with Crippen molar-refractivity contribution in [3.05, 3.63) is 0 Å². The largest absolute Gasteiger partial charge is 0.382 e. The molecule has 0 spiro atoms. The number of rotatable bonds is 8. The first kappa shape index (κ1) is 15.7. The number of hydrogen-bond donors (Lipinski definition) is 2. The maximum Gasteiger partial charge on any atom is 0.166 e. The minimum atomic E-state index is 0.303. The molecule has 0 aromatic heterocycles. The monoisotopic (exact) mass is 246 g/mol. The Bertz CT molecular complexity index is 195. The zero-order chi connectivity index (χ0) is 12.4. The fourth-order valence-corrected chi connectivity index (χ4v) is 1.20. The third-order valence-corrected chi connectivity index (χ3v) is 2.93. The van der Waals surface area contributed by atoms with E-state index in [1.54, 1.807) is 0 Å². The van der Waals surface area contributed by atoms with Gasteiger partial charge in [0.05, 0.1) is 0 Å². The summed E-state index contributed by atoms with van der Waals surface area (Å²) in [5.74, 6) is 0. The molecular formula is C12H26N2OS. The first-order valence-electron chi connectivity index (χ1n) is 6.11. The number of nitrogens with one attached hydrogen (secondary N) is 2. The van der Waals surface area contributed by atoms with E-state index in [-0.39, 0.29) is 0 Å². The molecule has 0 amide bonds. The number of thiocarbonyl (C=S) groups is 1. The van der Waals surface area contributed by atoms with Gasteiger partial charge < -0.3 is 15.4 Å². The average molecular weight is 246 g/mol. The molecule has 0 radical (unpaired) electrons. The van der Waals surface area contributed by atoms with E-state index in [1.165, 1.54) is 0 Å². The summed E-state index contributed by atoms with van der Waals surface area (Å²) in [6.07, 6.45) is 2.14. The van der Waals surface area contributed by atoms with Gasteiger partial charge in [-0.15, -0.1) is 0 Å². The molecule has 0 rings (SSSR count). The second-order valence-corrected chi connectivity index (χ2v) is 5.09. The predicted molar refractivity (Wildman–Crippen MR) is 73.8 cm³/mol. The minimum Gasteiger partial charge on any atom is -0.382 e. The van der Waals surface area contributed by atoms with Crippen LogP contribution in [0.15, 0.2) is 0 Å². The highest BCUT2D eigenvalue weighted by molar-refractivity contribution is 7.80. The van der Waals surface area contributed by atoms with Crippen molar-refractivity contribution in [3.8, 4) is 0 Å². The summed E-state index contributed by atoms with van der Waals surface area (Å²) in [6.45, 7) is 12.0. The molecule has 0 aromatic rings. The molecular weight excluding hydrogens is 220 g/mol. The van der Waals surface area contributed by atoms with Crippen LogP contribution in [-0.4, -0.2) is 31.4 Å². The van der Waals surface area contributed by atoms with Gasteiger partial charge in [0.15, 0.2) is 5.11 Å². The topological polar surface area (TPSA) is 33.3 Å². The molecule has 16 heavy (non-hydrogen) atoms. The SMILES string of the molecule is CCOCCCNC(=S)NCC(C)(C)CC. The van der Waals surface area contributed by atoms with Crippen molar-refractivity contribution in [2.75, 3.05) is 26.3 Å². The van der Waals surface area contributed by atoms with Gasteiger partial charge in [-0.2, -0.15) is 0 Å². The summed E-state index contributed by atoms with van der Waals surface area (Å²) in [5.41, 5.74) is 0.303. The van der Waals surface area contributed by atoms with Gasteiger partial charge in [-0.05, 0) is 37.4 Å². The van der Waals surface area contributed by atoms with Crippen molar-refractivity contribution < 1.29 is 4.74 Å². The zero-order valence-electron chi connectivity index (χ0n) is 11.1. The van der Waals surface area contributed by atoms with Gasteiger partial charge in [0.1, 0.15) is 0 Å². The molecule has 0 saturated carbocycles. The molecule has 4 heteroatoms. The van der Waals surface area contributed by atoms with E-state index < -0.39 is 0 Å². The van der Waals surface area contributed by atoms with Crippen molar-refractivity contribution in [1.82, 2.24) is 10.6 Å². The minimum absolute atomic E-state index is 0.303. The Hall–Kier alpha value is -0.350. The zero-order valence-corrected chi connectivity index (χ0v) is 11.9. The van der Waals surface area contributed by atoms with Crippen LogP contribution in [0.3, 0.4) is 0 Å². The Morgan fingerprint density at radius 3 is 2.50 bits per heavy atom. The molecule has 0 heterocycles. The lowest BCUT2D eigenvalue weighted by Crippen LogP contribution is -2.40. The van der Waals surface area contributed by atoms with E-state index in [9.17, 15) is 0 Å². The van der Waals surface area contributed by atoms with Crippen LogP contribution in [0, 0.1) is 5.41 Å². The highest BCUT2D eigenvalue weighted by atomic mass is 32.1. The lowest BCUT2D eigenvalue weighted by atomic mass is 9.90. The summed E-state index contributed by atoms with van der Waals surface area (Å²) in [4.78, 5) is 0. The number of ether oxygens (including phenoxy) is 1. The van der Waals surface area contributed by atoms with E-state index in [2.05, 4.69) is 31.4 Å². The summed E-state index contributed by atoms with van der Waals surface area (Å²) in [7, 11) is 0. The van der Waals surface area contributed by atoms with E-state index >= 15 is 0 Å². The highest BCUT2D eigenvalue weighted by Gasteiger charge is 2.14. The Morgan fingerprint density at radius 2 is 1.94 bits per heavy atom.